The Hall–Kier alpha value is -1.05. The monoisotopic (exact) mass is 208 g/mol. The predicted molar refractivity (Wildman–Crippen MR) is 55.6 cm³/mol. The van der Waals surface area contributed by atoms with Crippen molar-refractivity contribution in [3.8, 4) is 11.1 Å². The van der Waals surface area contributed by atoms with Crippen LogP contribution in [0.1, 0.15) is 18.4 Å². The first kappa shape index (κ1) is 9.50. The van der Waals surface area contributed by atoms with Crippen LogP contribution < -0.4 is 10.1 Å². The fourth-order valence-electron chi connectivity index (χ4n) is 1.52. The number of hydrogen-bond donors (Lipinski definition) is 1. The maximum Gasteiger partial charge on any atom is 0.175 e. The molecule has 0 amide bonds. The number of rotatable bonds is 2. The Morgan fingerprint density at radius 3 is 3.21 bits per heavy atom. The zero-order chi connectivity index (χ0) is 9.80. The molecule has 1 N–H and O–H groups in total. The average Bonchev–Trinajstić information content (AvgIpc) is 2.67. The Labute approximate surface area is 87.3 Å². The van der Waals surface area contributed by atoms with Gasteiger partial charge in [-0.3, -0.25) is 0 Å². The highest BCUT2D eigenvalue weighted by Crippen LogP contribution is 2.24. The van der Waals surface area contributed by atoms with Crippen molar-refractivity contribution in [3.63, 3.8) is 0 Å². The zero-order valence-corrected chi connectivity index (χ0v) is 8.64. The molecule has 1 atom stereocenters. The summed E-state index contributed by atoms with van der Waals surface area (Å²) < 4.78 is 5.74. The summed E-state index contributed by atoms with van der Waals surface area (Å²) in [5, 5.41) is 14.6. The summed E-state index contributed by atoms with van der Waals surface area (Å²) in [4.78, 5) is 0. The lowest BCUT2D eigenvalue weighted by atomic mass is 10.1. The molecule has 1 aliphatic heterocycles. The Bertz CT molecular complexity index is 336. The molecule has 1 aliphatic rings. The number of ether oxygens (including phenoxy) is 1. The first-order chi connectivity index (χ1) is 6.88. The summed E-state index contributed by atoms with van der Waals surface area (Å²) in [6.45, 7) is 2.01. The molecule has 1 unspecified atom stereocenters. The minimum absolute atomic E-state index is 0.272. The van der Waals surface area contributed by atoms with Gasteiger partial charge in [0.2, 0.25) is 0 Å². The van der Waals surface area contributed by atoms with Crippen LogP contribution in [0.2, 0.25) is 0 Å². The van der Waals surface area contributed by atoms with Crippen molar-refractivity contribution in [2.75, 3.05) is 13.1 Å². The highest BCUT2D eigenvalue weighted by atomic mass is 32.1. The molecule has 0 bridgehead atoms. The van der Waals surface area contributed by atoms with Crippen LogP contribution in [-0.4, -0.2) is 19.2 Å². The van der Waals surface area contributed by atoms with Gasteiger partial charge in [-0.1, -0.05) is 0 Å². The van der Waals surface area contributed by atoms with Crippen LogP contribution in [0.5, 0.6) is 5.06 Å². The molecule has 0 aliphatic carbocycles. The maximum atomic E-state index is 8.65. The van der Waals surface area contributed by atoms with Crippen molar-refractivity contribution in [3.05, 3.63) is 17.0 Å². The van der Waals surface area contributed by atoms with E-state index >= 15 is 0 Å². The third-order valence-corrected chi connectivity index (χ3v) is 3.06. The van der Waals surface area contributed by atoms with E-state index in [0.717, 1.165) is 24.6 Å². The van der Waals surface area contributed by atoms with Gasteiger partial charge in [-0.15, -0.1) is 11.3 Å². The molecule has 1 saturated heterocycles. The summed E-state index contributed by atoms with van der Waals surface area (Å²) in [7, 11) is 0. The highest BCUT2D eigenvalue weighted by Gasteiger charge is 2.14. The predicted octanol–water partition coefficient (Wildman–Crippen LogP) is 1.75. The molecule has 1 fully saturated rings. The van der Waals surface area contributed by atoms with Crippen LogP contribution in [0.3, 0.4) is 0 Å². The minimum atomic E-state index is 0.272. The fourth-order valence-corrected chi connectivity index (χ4v) is 2.27. The number of piperidine rings is 1. The number of hydrogen-bond acceptors (Lipinski definition) is 4. The molecule has 0 aromatic carbocycles. The highest BCUT2D eigenvalue weighted by molar-refractivity contribution is 7.12. The lowest BCUT2D eigenvalue weighted by Gasteiger charge is -2.22. The van der Waals surface area contributed by atoms with E-state index in [-0.39, 0.29) is 6.10 Å². The second kappa shape index (κ2) is 4.45. The van der Waals surface area contributed by atoms with Crippen LogP contribution in [0.4, 0.5) is 0 Å². The SMILES string of the molecule is N#Cc1csc(OC2CCCNC2)c1. The Morgan fingerprint density at radius 2 is 2.57 bits per heavy atom. The van der Waals surface area contributed by atoms with Gasteiger partial charge in [-0.25, -0.2) is 0 Å². The number of nitriles is 1. The molecule has 0 saturated carbocycles. The summed E-state index contributed by atoms with van der Waals surface area (Å²) in [6.07, 6.45) is 2.54. The average molecular weight is 208 g/mol. The molecule has 0 spiro atoms. The van der Waals surface area contributed by atoms with E-state index in [4.69, 9.17) is 10.00 Å². The molecule has 74 valence electrons. The standard InChI is InChI=1S/C10H12N2OS/c11-5-8-4-10(14-7-8)13-9-2-1-3-12-6-9/h4,7,9,12H,1-3,6H2. The van der Waals surface area contributed by atoms with Crippen molar-refractivity contribution in [1.29, 1.82) is 5.26 Å². The van der Waals surface area contributed by atoms with Gasteiger partial charge in [-0.05, 0) is 19.4 Å². The minimum Gasteiger partial charge on any atom is -0.479 e. The molecule has 1 aromatic rings. The van der Waals surface area contributed by atoms with Crippen molar-refractivity contribution in [1.82, 2.24) is 5.32 Å². The molecular weight excluding hydrogens is 196 g/mol. The first-order valence-electron chi connectivity index (χ1n) is 4.74. The maximum absolute atomic E-state index is 8.65. The fraction of sp³-hybridized carbons (Fsp3) is 0.500. The van der Waals surface area contributed by atoms with E-state index in [1.165, 1.54) is 17.8 Å². The largest absolute Gasteiger partial charge is 0.479 e. The summed E-state index contributed by atoms with van der Waals surface area (Å²) in [5.41, 5.74) is 0.689. The zero-order valence-electron chi connectivity index (χ0n) is 7.82. The van der Waals surface area contributed by atoms with E-state index < -0.39 is 0 Å². The van der Waals surface area contributed by atoms with Gasteiger partial charge in [-0.2, -0.15) is 5.26 Å². The molecule has 14 heavy (non-hydrogen) atoms. The number of thiophene rings is 1. The van der Waals surface area contributed by atoms with Crippen LogP contribution in [-0.2, 0) is 0 Å². The quantitative estimate of drug-likeness (QED) is 0.805. The first-order valence-corrected chi connectivity index (χ1v) is 5.62. The smallest absolute Gasteiger partial charge is 0.175 e. The second-order valence-electron chi connectivity index (χ2n) is 3.35. The molecular formula is C10H12N2OS. The molecule has 2 rings (SSSR count). The summed E-state index contributed by atoms with van der Waals surface area (Å²) in [5.74, 6) is 0. The number of nitrogens with zero attached hydrogens (tertiary/aromatic N) is 1. The van der Waals surface area contributed by atoms with E-state index in [1.807, 2.05) is 5.38 Å². The van der Waals surface area contributed by atoms with Gasteiger partial charge in [0.1, 0.15) is 12.2 Å². The third kappa shape index (κ3) is 2.25. The molecule has 0 radical (unpaired) electrons. The molecule has 1 aromatic heterocycles. The lowest BCUT2D eigenvalue weighted by molar-refractivity contribution is 0.172. The van der Waals surface area contributed by atoms with Crippen molar-refractivity contribution in [2.45, 2.75) is 18.9 Å². The van der Waals surface area contributed by atoms with Crippen molar-refractivity contribution in [2.24, 2.45) is 0 Å². The van der Waals surface area contributed by atoms with Crippen molar-refractivity contribution >= 4 is 11.3 Å². The molecule has 2 heterocycles. The topological polar surface area (TPSA) is 45.0 Å². The van der Waals surface area contributed by atoms with E-state index in [9.17, 15) is 0 Å². The van der Waals surface area contributed by atoms with Crippen LogP contribution in [0.15, 0.2) is 11.4 Å². The molecule has 3 nitrogen and oxygen atoms in total. The molecule has 4 heteroatoms. The van der Waals surface area contributed by atoms with Gasteiger partial charge >= 0.3 is 0 Å². The normalized spacial score (nSPS) is 21.5. The Kier molecular flexibility index (Phi) is 3.02. The van der Waals surface area contributed by atoms with Crippen LogP contribution in [0, 0.1) is 11.3 Å². The Balaban J connectivity index is 1.93. The van der Waals surface area contributed by atoms with E-state index in [2.05, 4.69) is 11.4 Å². The van der Waals surface area contributed by atoms with Gasteiger partial charge in [0.25, 0.3) is 0 Å². The van der Waals surface area contributed by atoms with Gasteiger partial charge in [0.15, 0.2) is 5.06 Å². The van der Waals surface area contributed by atoms with Gasteiger partial charge in [0, 0.05) is 18.0 Å². The number of nitrogens with one attached hydrogen (secondary N) is 1. The van der Waals surface area contributed by atoms with Crippen LogP contribution in [0.25, 0.3) is 0 Å². The third-order valence-electron chi connectivity index (χ3n) is 2.24. The van der Waals surface area contributed by atoms with Crippen molar-refractivity contribution < 1.29 is 4.74 Å². The summed E-state index contributed by atoms with van der Waals surface area (Å²) >= 11 is 1.50. The summed E-state index contributed by atoms with van der Waals surface area (Å²) in [6, 6.07) is 3.90. The van der Waals surface area contributed by atoms with Gasteiger partial charge < -0.3 is 10.1 Å². The van der Waals surface area contributed by atoms with Gasteiger partial charge in [0.05, 0.1) is 5.56 Å². The van der Waals surface area contributed by atoms with E-state index in [0.29, 0.717) is 5.56 Å². The lowest BCUT2D eigenvalue weighted by Crippen LogP contribution is -2.36. The van der Waals surface area contributed by atoms with Crippen LogP contribution >= 0.6 is 11.3 Å². The Morgan fingerprint density at radius 1 is 1.64 bits per heavy atom. The second-order valence-corrected chi connectivity index (χ2v) is 4.23. The van der Waals surface area contributed by atoms with E-state index in [1.54, 1.807) is 6.07 Å².